The maximum Gasteiger partial charge on any atom is 0.0111 e. The van der Waals surface area contributed by atoms with Crippen molar-refractivity contribution in [3.8, 4) is 0 Å². The zero-order chi connectivity index (χ0) is 13.5. The SMILES string of the molecule is CCN(C)CCNC1CCCCC1C1CCCCN1. The first kappa shape index (κ1) is 15.3. The summed E-state index contributed by atoms with van der Waals surface area (Å²) in [5.41, 5.74) is 0. The van der Waals surface area contributed by atoms with Crippen molar-refractivity contribution in [2.75, 3.05) is 33.2 Å². The summed E-state index contributed by atoms with van der Waals surface area (Å²) in [5, 5.41) is 7.63. The van der Waals surface area contributed by atoms with Crippen LogP contribution in [0.15, 0.2) is 0 Å². The predicted molar refractivity (Wildman–Crippen MR) is 82.6 cm³/mol. The van der Waals surface area contributed by atoms with Gasteiger partial charge in [-0.25, -0.2) is 0 Å². The molecule has 3 nitrogen and oxygen atoms in total. The molecule has 0 aromatic heterocycles. The Morgan fingerprint density at radius 3 is 2.63 bits per heavy atom. The summed E-state index contributed by atoms with van der Waals surface area (Å²) in [6.45, 7) is 6.96. The van der Waals surface area contributed by atoms with Crippen molar-refractivity contribution in [3.63, 3.8) is 0 Å². The Morgan fingerprint density at radius 1 is 1.11 bits per heavy atom. The van der Waals surface area contributed by atoms with Gasteiger partial charge in [0, 0.05) is 25.2 Å². The van der Waals surface area contributed by atoms with E-state index >= 15 is 0 Å². The molecular formula is C16H33N3. The summed E-state index contributed by atoms with van der Waals surface area (Å²) < 4.78 is 0. The van der Waals surface area contributed by atoms with Crippen LogP contribution in [-0.4, -0.2) is 50.2 Å². The number of piperidine rings is 1. The van der Waals surface area contributed by atoms with Gasteiger partial charge in [-0.1, -0.05) is 26.2 Å². The van der Waals surface area contributed by atoms with Gasteiger partial charge in [-0.05, 0) is 51.7 Å². The van der Waals surface area contributed by atoms with Crippen molar-refractivity contribution in [1.82, 2.24) is 15.5 Å². The molecule has 1 aliphatic carbocycles. The highest BCUT2D eigenvalue weighted by atomic mass is 15.1. The molecule has 2 rings (SSSR count). The van der Waals surface area contributed by atoms with Crippen LogP contribution < -0.4 is 10.6 Å². The van der Waals surface area contributed by atoms with Gasteiger partial charge in [0.2, 0.25) is 0 Å². The number of rotatable bonds is 6. The number of likely N-dealkylation sites (N-methyl/N-ethyl adjacent to an activating group) is 1. The van der Waals surface area contributed by atoms with Crippen molar-refractivity contribution in [2.45, 2.75) is 64.0 Å². The third-order valence-corrected chi connectivity index (χ3v) is 5.12. The molecule has 2 N–H and O–H groups in total. The largest absolute Gasteiger partial charge is 0.314 e. The van der Waals surface area contributed by atoms with Crippen LogP contribution >= 0.6 is 0 Å². The lowest BCUT2D eigenvalue weighted by Gasteiger charge is -2.40. The Hall–Kier alpha value is -0.120. The maximum atomic E-state index is 3.85. The van der Waals surface area contributed by atoms with Crippen LogP contribution in [0.25, 0.3) is 0 Å². The fourth-order valence-corrected chi connectivity index (χ4v) is 3.74. The minimum atomic E-state index is 0.759. The molecule has 19 heavy (non-hydrogen) atoms. The first-order valence-electron chi connectivity index (χ1n) is 8.46. The van der Waals surface area contributed by atoms with E-state index in [1.807, 2.05) is 0 Å². The number of hydrogen-bond acceptors (Lipinski definition) is 3. The second kappa shape index (κ2) is 8.23. The van der Waals surface area contributed by atoms with Crippen molar-refractivity contribution in [2.24, 2.45) is 5.92 Å². The Balaban J connectivity index is 1.78. The van der Waals surface area contributed by atoms with E-state index in [1.165, 1.54) is 58.0 Å². The summed E-state index contributed by atoms with van der Waals surface area (Å²) in [6.07, 6.45) is 9.89. The smallest absolute Gasteiger partial charge is 0.0111 e. The minimum Gasteiger partial charge on any atom is -0.314 e. The molecule has 3 atom stereocenters. The Labute approximate surface area is 119 Å². The van der Waals surface area contributed by atoms with Gasteiger partial charge in [0.05, 0.1) is 0 Å². The van der Waals surface area contributed by atoms with Gasteiger partial charge in [0.1, 0.15) is 0 Å². The number of hydrogen-bond donors (Lipinski definition) is 2. The molecule has 0 amide bonds. The Bertz CT molecular complexity index is 238. The number of nitrogens with zero attached hydrogens (tertiary/aromatic N) is 1. The molecule has 112 valence electrons. The summed E-state index contributed by atoms with van der Waals surface area (Å²) in [4.78, 5) is 2.39. The molecule has 1 saturated heterocycles. The van der Waals surface area contributed by atoms with E-state index in [4.69, 9.17) is 0 Å². The molecule has 3 unspecified atom stereocenters. The van der Waals surface area contributed by atoms with E-state index in [-0.39, 0.29) is 0 Å². The number of nitrogens with one attached hydrogen (secondary N) is 2. The van der Waals surface area contributed by atoms with E-state index in [0.717, 1.165) is 31.1 Å². The lowest BCUT2D eigenvalue weighted by atomic mass is 9.77. The topological polar surface area (TPSA) is 27.3 Å². The maximum absolute atomic E-state index is 3.85. The monoisotopic (exact) mass is 267 g/mol. The van der Waals surface area contributed by atoms with E-state index in [0.29, 0.717) is 0 Å². The lowest BCUT2D eigenvalue weighted by molar-refractivity contribution is 0.178. The first-order chi connectivity index (χ1) is 9.31. The summed E-state index contributed by atoms with van der Waals surface area (Å²) in [6, 6.07) is 1.55. The predicted octanol–water partition coefficient (Wildman–Crippen LogP) is 2.23. The second-order valence-electron chi connectivity index (χ2n) is 6.46. The zero-order valence-electron chi connectivity index (χ0n) is 13.0. The standard InChI is InChI=1S/C16H33N3/c1-3-19(2)13-12-18-16-9-5-4-8-14(16)15-10-6-7-11-17-15/h14-18H,3-13H2,1-2H3. The summed E-state index contributed by atoms with van der Waals surface area (Å²) >= 11 is 0. The fraction of sp³-hybridized carbons (Fsp3) is 1.00. The summed E-state index contributed by atoms with van der Waals surface area (Å²) in [7, 11) is 2.21. The van der Waals surface area contributed by atoms with Crippen LogP contribution in [-0.2, 0) is 0 Å². The molecule has 0 radical (unpaired) electrons. The van der Waals surface area contributed by atoms with Gasteiger partial charge in [-0.3, -0.25) is 0 Å². The third-order valence-electron chi connectivity index (χ3n) is 5.12. The van der Waals surface area contributed by atoms with Crippen LogP contribution in [0.5, 0.6) is 0 Å². The van der Waals surface area contributed by atoms with E-state index < -0.39 is 0 Å². The van der Waals surface area contributed by atoms with Crippen molar-refractivity contribution in [3.05, 3.63) is 0 Å². The molecule has 0 spiro atoms. The van der Waals surface area contributed by atoms with Crippen LogP contribution in [0.3, 0.4) is 0 Å². The zero-order valence-corrected chi connectivity index (χ0v) is 13.0. The van der Waals surface area contributed by atoms with Crippen molar-refractivity contribution < 1.29 is 0 Å². The summed E-state index contributed by atoms with van der Waals surface area (Å²) in [5.74, 6) is 0.876. The van der Waals surface area contributed by atoms with Gasteiger partial charge in [-0.15, -0.1) is 0 Å². The second-order valence-corrected chi connectivity index (χ2v) is 6.46. The molecule has 0 aromatic rings. The Morgan fingerprint density at radius 2 is 1.89 bits per heavy atom. The van der Waals surface area contributed by atoms with Gasteiger partial charge < -0.3 is 15.5 Å². The normalized spacial score (nSPS) is 32.7. The van der Waals surface area contributed by atoms with Gasteiger partial charge in [0.15, 0.2) is 0 Å². The molecule has 0 bridgehead atoms. The average molecular weight is 267 g/mol. The third kappa shape index (κ3) is 4.73. The minimum absolute atomic E-state index is 0.759. The van der Waals surface area contributed by atoms with Crippen LogP contribution in [0, 0.1) is 5.92 Å². The highest BCUT2D eigenvalue weighted by Crippen LogP contribution is 2.30. The van der Waals surface area contributed by atoms with E-state index in [1.54, 1.807) is 0 Å². The van der Waals surface area contributed by atoms with E-state index in [2.05, 4.69) is 29.5 Å². The quantitative estimate of drug-likeness (QED) is 0.773. The van der Waals surface area contributed by atoms with Gasteiger partial charge in [0.25, 0.3) is 0 Å². The molecule has 3 heteroatoms. The van der Waals surface area contributed by atoms with Crippen LogP contribution in [0.2, 0.25) is 0 Å². The van der Waals surface area contributed by atoms with Crippen molar-refractivity contribution >= 4 is 0 Å². The van der Waals surface area contributed by atoms with Crippen LogP contribution in [0.1, 0.15) is 51.9 Å². The van der Waals surface area contributed by atoms with Gasteiger partial charge in [-0.2, -0.15) is 0 Å². The molecule has 1 aliphatic heterocycles. The highest BCUT2D eigenvalue weighted by molar-refractivity contribution is 4.90. The van der Waals surface area contributed by atoms with Crippen molar-refractivity contribution in [1.29, 1.82) is 0 Å². The average Bonchev–Trinajstić information content (AvgIpc) is 2.48. The molecular weight excluding hydrogens is 234 g/mol. The fourth-order valence-electron chi connectivity index (χ4n) is 3.74. The van der Waals surface area contributed by atoms with Crippen LogP contribution in [0.4, 0.5) is 0 Å². The lowest BCUT2D eigenvalue weighted by Crippen LogP contribution is -2.51. The van der Waals surface area contributed by atoms with Gasteiger partial charge >= 0.3 is 0 Å². The molecule has 2 fully saturated rings. The molecule has 2 aliphatic rings. The Kier molecular flexibility index (Phi) is 6.62. The first-order valence-corrected chi connectivity index (χ1v) is 8.46. The molecule has 1 heterocycles. The van der Waals surface area contributed by atoms with E-state index in [9.17, 15) is 0 Å². The highest BCUT2D eigenvalue weighted by Gasteiger charge is 2.31. The molecule has 0 aromatic carbocycles. The molecule has 1 saturated carbocycles.